The van der Waals surface area contributed by atoms with Gasteiger partial charge in [-0.3, -0.25) is 9.69 Å². The smallest absolute Gasteiger partial charge is 0.379 e. The van der Waals surface area contributed by atoms with Crippen LogP contribution in [0.3, 0.4) is 0 Å². The zero-order chi connectivity index (χ0) is 25.1. The summed E-state index contributed by atoms with van der Waals surface area (Å²) in [5, 5.41) is 13.9. The Morgan fingerprint density at radius 3 is 2.42 bits per heavy atom. The van der Waals surface area contributed by atoms with Crippen molar-refractivity contribution in [1.29, 1.82) is 0 Å². The van der Waals surface area contributed by atoms with Gasteiger partial charge < -0.3 is 15.0 Å². The molecule has 3 aromatic rings. The summed E-state index contributed by atoms with van der Waals surface area (Å²) in [6.45, 7) is 5.99. The Kier molecular flexibility index (Phi) is 7.06. The van der Waals surface area contributed by atoms with E-state index in [0.29, 0.717) is 36.9 Å². The second-order valence-corrected chi connectivity index (χ2v) is 9.08. The van der Waals surface area contributed by atoms with E-state index in [1.54, 1.807) is 6.07 Å². The normalized spacial score (nSPS) is 18.0. The highest BCUT2D eigenvalue weighted by atomic mass is 19.4. The molecule has 2 fully saturated rings. The van der Waals surface area contributed by atoms with Gasteiger partial charge in [-0.1, -0.05) is 12.1 Å². The number of carbonyl (C=O) groups excluding carboxylic acids is 1. The van der Waals surface area contributed by atoms with E-state index in [-0.39, 0.29) is 11.6 Å². The first-order valence-corrected chi connectivity index (χ1v) is 12.1. The number of hydrogen-bond donors (Lipinski definition) is 1. The quantitative estimate of drug-likeness (QED) is 0.553. The number of fused-ring (bicyclic) bond motifs is 1. The number of nitrogens with zero attached hydrogens (tertiary/aromatic N) is 6. The van der Waals surface area contributed by atoms with E-state index in [9.17, 15) is 18.0 Å². The van der Waals surface area contributed by atoms with Crippen LogP contribution in [0.1, 0.15) is 40.5 Å². The van der Waals surface area contributed by atoms with Gasteiger partial charge >= 0.3 is 6.18 Å². The number of carbonyl (C=O) groups is 1. The molecule has 1 amide bonds. The molecule has 2 aliphatic rings. The van der Waals surface area contributed by atoms with Crippen LogP contribution >= 0.6 is 0 Å². The Bertz CT molecular complexity index is 1180. The van der Waals surface area contributed by atoms with Crippen molar-refractivity contribution in [3.05, 3.63) is 53.3 Å². The van der Waals surface area contributed by atoms with Crippen molar-refractivity contribution in [3.63, 3.8) is 0 Å². The van der Waals surface area contributed by atoms with Crippen LogP contribution in [0.5, 0.6) is 0 Å². The summed E-state index contributed by atoms with van der Waals surface area (Å²) < 4.78 is 45.6. The molecule has 2 saturated heterocycles. The third-order valence-electron chi connectivity index (χ3n) is 6.78. The first-order chi connectivity index (χ1) is 17.4. The lowest BCUT2D eigenvalue weighted by Crippen LogP contribution is -2.41. The van der Waals surface area contributed by atoms with Crippen LogP contribution in [0, 0.1) is 0 Å². The number of piperidine rings is 1. The van der Waals surface area contributed by atoms with Gasteiger partial charge in [-0.05, 0) is 48.6 Å². The Morgan fingerprint density at radius 2 is 1.72 bits per heavy atom. The summed E-state index contributed by atoms with van der Waals surface area (Å²) in [5.41, 5.74) is 1.84. The molecule has 1 N–H and O–H groups in total. The van der Waals surface area contributed by atoms with Crippen LogP contribution < -0.4 is 10.2 Å². The monoisotopic (exact) mass is 503 g/mol. The zero-order valence-corrected chi connectivity index (χ0v) is 19.7. The van der Waals surface area contributed by atoms with Crippen LogP contribution in [-0.4, -0.2) is 83.1 Å². The summed E-state index contributed by atoms with van der Waals surface area (Å²) in [6, 6.07) is 10.9. The molecule has 5 rings (SSSR count). The highest BCUT2D eigenvalue weighted by Crippen LogP contribution is 2.31. The fraction of sp³-hybridized carbons (Fsp3) is 0.500. The van der Waals surface area contributed by atoms with Crippen LogP contribution in [0.25, 0.3) is 5.65 Å². The lowest BCUT2D eigenvalue weighted by molar-refractivity contribution is -0.146. The molecule has 192 valence electrons. The number of alkyl halides is 3. The number of amides is 1. The molecule has 0 atom stereocenters. The molecule has 0 radical (unpaired) electrons. The van der Waals surface area contributed by atoms with Crippen molar-refractivity contribution < 1.29 is 22.7 Å². The lowest BCUT2D eigenvalue weighted by atomic mass is 9.89. The van der Waals surface area contributed by atoms with E-state index in [1.807, 2.05) is 29.2 Å². The minimum Gasteiger partial charge on any atom is -0.379 e. The SMILES string of the molecule is O=C(NCCN1CCOCC1)c1ccc(C2CCN(c3ccc4nnc(C(F)(F)F)n4n3)CC2)cc1. The summed E-state index contributed by atoms with van der Waals surface area (Å²) in [4.78, 5) is 16.7. The largest absolute Gasteiger partial charge is 0.453 e. The average molecular weight is 504 g/mol. The number of morpholine rings is 1. The maximum Gasteiger partial charge on any atom is 0.453 e. The van der Waals surface area contributed by atoms with E-state index < -0.39 is 12.0 Å². The van der Waals surface area contributed by atoms with Crippen molar-refractivity contribution in [1.82, 2.24) is 30.0 Å². The topological polar surface area (TPSA) is 87.9 Å². The molecule has 2 aliphatic heterocycles. The van der Waals surface area contributed by atoms with Crippen LogP contribution in [0.15, 0.2) is 36.4 Å². The Morgan fingerprint density at radius 1 is 1.00 bits per heavy atom. The number of hydrogen-bond acceptors (Lipinski definition) is 7. The molecule has 9 nitrogen and oxygen atoms in total. The molecule has 2 aromatic heterocycles. The zero-order valence-electron chi connectivity index (χ0n) is 19.7. The summed E-state index contributed by atoms with van der Waals surface area (Å²) in [6.07, 6.45) is -2.96. The van der Waals surface area contributed by atoms with Gasteiger partial charge in [-0.15, -0.1) is 15.3 Å². The number of rotatable bonds is 6. The van der Waals surface area contributed by atoms with E-state index in [2.05, 4.69) is 25.5 Å². The Hall–Kier alpha value is -3.25. The van der Waals surface area contributed by atoms with Crippen LogP contribution in [0.4, 0.5) is 19.0 Å². The van der Waals surface area contributed by atoms with Gasteiger partial charge in [0.1, 0.15) is 5.82 Å². The number of nitrogens with one attached hydrogen (secondary N) is 1. The molecular weight excluding hydrogens is 475 g/mol. The van der Waals surface area contributed by atoms with Gasteiger partial charge in [0.15, 0.2) is 5.65 Å². The van der Waals surface area contributed by atoms with Crippen LogP contribution in [0.2, 0.25) is 0 Å². The third-order valence-corrected chi connectivity index (χ3v) is 6.78. The van der Waals surface area contributed by atoms with Gasteiger partial charge in [0, 0.05) is 44.8 Å². The van der Waals surface area contributed by atoms with Crippen molar-refractivity contribution in [2.24, 2.45) is 0 Å². The Labute approximate surface area is 206 Å². The van der Waals surface area contributed by atoms with Crippen molar-refractivity contribution in [2.45, 2.75) is 24.9 Å². The van der Waals surface area contributed by atoms with Gasteiger partial charge in [0.05, 0.1) is 13.2 Å². The predicted molar refractivity (Wildman–Crippen MR) is 126 cm³/mol. The van der Waals surface area contributed by atoms with Gasteiger partial charge in [0.2, 0.25) is 0 Å². The minimum absolute atomic E-state index is 0.0613. The molecule has 0 spiro atoms. The number of anilines is 1. The summed E-state index contributed by atoms with van der Waals surface area (Å²) >= 11 is 0. The van der Waals surface area contributed by atoms with E-state index >= 15 is 0 Å². The molecule has 1 aromatic carbocycles. The highest BCUT2D eigenvalue weighted by molar-refractivity contribution is 5.94. The molecule has 0 saturated carbocycles. The van der Waals surface area contributed by atoms with Crippen molar-refractivity contribution >= 4 is 17.4 Å². The average Bonchev–Trinajstić information content (AvgIpc) is 3.34. The number of benzene rings is 1. The number of ether oxygens (including phenoxy) is 1. The molecular formula is C24H28F3N7O2. The van der Waals surface area contributed by atoms with Gasteiger partial charge in [-0.2, -0.15) is 17.7 Å². The van der Waals surface area contributed by atoms with Crippen molar-refractivity contribution in [2.75, 3.05) is 57.4 Å². The number of halogens is 3. The lowest BCUT2D eigenvalue weighted by Gasteiger charge is -2.33. The van der Waals surface area contributed by atoms with E-state index in [0.717, 1.165) is 55.8 Å². The molecule has 0 bridgehead atoms. The fourth-order valence-corrected chi connectivity index (χ4v) is 4.73. The minimum atomic E-state index is -4.62. The van der Waals surface area contributed by atoms with E-state index in [4.69, 9.17) is 4.74 Å². The third kappa shape index (κ3) is 5.44. The number of aromatic nitrogens is 4. The second kappa shape index (κ2) is 10.4. The predicted octanol–water partition coefficient (Wildman–Crippen LogP) is 2.59. The van der Waals surface area contributed by atoms with Gasteiger partial charge in [0.25, 0.3) is 11.7 Å². The highest BCUT2D eigenvalue weighted by Gasteiger charge is 2.38. The first-order valence-electron chi connectivity index (χ1n) is 12.1. The van der Waals surface area contributed by atoms with E-state index in [1.165, 1.54) is 6.07 Å². The molecule has 0 aliphatic carbocycles. The molecule has 36 heavy (non-hydrogen) atoms. The molecule has 4 heterocycles. The summed E-state index contributed by atoms with van der Waals surface area (Å²) in [5.74, 6) is -0.433. The maximum absolute atomic E-state index is 13.2. The molecule has 0 unspecified atom stereocenters. The maximum atomic E-state index is 13.2. The second-order valence-electron chi connectivity index (χ2n) is 9.08. The summed E-state index contributed by atoms with van der Waals surface area (Å²) in [7, 11) is 0. The molecule has 12 heteroatoms. The first kappa shape index (κ1) is 24.4. The standard InChI is InChI=1S/C24H28F3N7O2/c25-24(26,27)23-30-29-20-5-6-21(31-34(20)23)33-10-7-18(8-11-33)17-1-3-19(4-2-17)22(35)28-9-12-32-13-15-36-16-14-32/h1-6,18H,7-16H2,(H,28,35). The fourth-order valence-electron chi connectivity index (χ4n) is 4.73. The Balaban J connectivity index is 1.15. The van der Waals surface area contributed by atoms with Gasteiger partial charge in [-0.25, -0.2) is 0 Å². The van der Waals surface area contributed by atoms with Crippen molar-refractivity contribution in [3.8, 4) is 0 Å². The van der Waals surface area contributed by atoms with Crippen LogP contribution in [-0.2, 0) is 10.9 Å².